The molecule has 0 radical (unpaired) electrons. The first-order valence-corrected chi connectivity index (χ1v) is 6.86. The maximum absolute atomic E-state index is 6.24. The standard InChI is InChI=1S/C16H10BrCl/c17-15-8-4-3-6-13(15)12-9-10-16(18)14-7-2-1-5-11(12)14/h1-10H. The number of hydrogen-bond donors (Lipinski definition) is 0. The lowest BCUT2D eigenvalue weighted by molar-refractivity contribution is 1.61. The molecule has 0 amide bonds. The van der Waals surface area contributed by atoms with Crippen LogP contribution < -0.4 is 0 Å². The normalized spacial score (nSPS) is 10.8. The Hall–Kier alpha value is -1.31. The minimum absolute atomic E-state index is 0.793. The Morgan fingerprint density at radius 3 is 2.11 bits per heavy atom. The van der Waals surface area contributed by atoms with Gasteiger partial charge in [-0.1, -0.05) is 76.1 Å². The lowest BCUT2D eigenvalue weighted by Crippen LogP contribution is -1.83. The summed E-state index contributed by atoms with van der Waals surface area (Å²) in [5.41, 5.74) is 2.38. The summed E-state index contributed by atoms with van der Waals surface area (Å²) in [6.45, 7) is 0. The van der Waals surface area contributed by atoms with Crippen molar-refractivity contribution < 1.29 is 0 Å². The fourth-order valence-electron chi connectivity index (χ4n) is 2.18. The smallest absolute Gasteiger partial charge is 0.0484 e. The van der Waals surface area contributed by atoms with E-state index in [1.807, 2.05) is 30.3 Å². The van der Waals surface area contributed by atoms with Gasteiger partial charge in [0.25, 0.3) is 0 Å². The van der Waals surface area contributed by atoms with Crippen LogP contribution in [-0.4, -0.2) is 0 Å². The molecule has 18 heavy (non-hydrogen) atoms. The number of rotatable bonds is 1. The van der Waals surface area contributed by atoms with Crippen molar-refractivity contribution in [3.63, 3.8) is 0 Å². The van der Waals surface area contributed by atoms with Crippen LogP contribution in [0.3, 0.4) is 0 Å². The van der Waals surface area contributed by atoms with E-state index in [-0.39, 0.29) is 0 Å². The highest BCUT2D eigenvalue weighted by Gasteiger charge is 2.08. The second kappa shape index (κ2) is 4.75. The third-order valence-electron chi connectivity index (χ3n) is 3.03. The predicted molar refractivity (Wildman–Crippen MR) is 82.1 cm³/mol. The van der Waals surface area contributed by atoms with E-state index in [1.165, 1.54) is 16.5 Å². The van der Waals surface area contributed by atoms with Gasteiger partial charge in [-0.2, -0.15) is 0 Å². The summed E-state index contributed by atoms with van der Waals surface area (Å²) in [5, 5.41) is 3.06. The molecule has 0 saturated heterocycles. The van der Waals surface area contributed by atoms with Crippen LogP contribution in [0.15, 0.2) is 65.1 Å². The number of benzene rings is 3. The second-order valence-electron chi connectivity index (χ2n) is 4.12. The molecule has 0 nitrogen and oxygen atoms in total. The second-order valence-corrected chi connectivity index (χ2v) is 5.38. The van der Waals surface area contributed by atoms with Crippen LogP contribution in [0.5, 0.6) is 0 Å². The van der Waals surface area contributed by atoms with Crippen molar-refractivity contribution >= 4 is 38.3 Å². The molecule has 2 heteroatoms. The van der Waals surface area contributed by atoms with Gasteiger partial charge in [0, 0.05) is 14.9 Å². The van der Waals surface area contributed by atoms with E-state index >= 15 is 0 Å². The van der Waals surface area contributed by atoms with Gasteiger partial charge in [0.1, 0.15) is 0 Å². The monoisotopic (exact) mass is 316 g/mol. The zero-order chi connectivity index (χ0) is 12.5. The quantitative estimate of drug-likeness (QED) is 0.522. The Morgan fingerprint density at radius 1 is 0.667 bits per heavy atom. The van der Waals surface area contributed by atoms with Gasteiger partial charge in [0.05, 0.1) is 0 Å². The largest absolute Gasteiger partial charge is 0.0837 e. The molecule has 88 valence electrons. The summed E-state index contributed by atoms with van der Waals surface area (Å²) < 4.78 is 1.09. The van der Waals surface area contributed by atoms with E-state index in [4.69, 9.17) is 11.6 Å². The lowest BCUT2D eigenvalue weighted by atomic mass is 9.98. The zero-order valence-corrected chi connectivity index (χ0v) is 11.9. The summed E-state index contributed by atoms with van der Waals surface area (Å²) in [4.78, 5) is 0. The molecular formula is C16H10BrCl. The van der Waals surface area contributed by atoms with Crippen molar-refractivity contribution in [3.05, 3.63) is 70.2 Å². The van der Waals surface area contributed by atoms with E-state index in [0.717, 1.165) is 14.9 Å². The molecule has 0 aromatic heterocycles. The molecule has 0 fully saturated rings. The highest BCUT2D eigenvalue weighted by Crippen LogP contribution is 2.36. The van der Waals surface area contributed by atoms with Crippen LogP contribution in [0, 0.1) is 0 Å². The Labute approximate surface area is 119 Å². The zero-order valence-electron chi connectivity index (χ0n) is 9.53. The van der Waals surface area contributed by atoms with Gasteiger partial charge < -0.3 is 0 Å². The van der Waals surface area contributed by atoms with Gasteiger partial charge in [-0.25, -0.2) is 0 Å². The Balaban J connectivity index is 2.38. The minimum atomic E-state index is 0.793. The van der Waals surface area contributed by atoms with Gasteiger partial charge in [-0.3, -0.25) is 0 Å². The fraction of sp³-hybridized carbons (Fsp3) is 0. The van der Waals surface area contributed by atoms with Gasteiger partial charge in [-0.05, 0) is 28.6 Å². The minimum Gasteiger partial charge on any atom is -0.0837 e. The third-order valence-corrected chi connectivity index (χ3v) is 4.06. The van der Waals surface area contributed by atoms with Crippen molar-refractivity contribution in [1.82, 2.24) is 0 Å². The first-order valence-electron chi connectivity index (χ1n) is 5.69. The molecule has 0 saturated carbocycles. The average Bonchev–Trinajstić information content (AvgIpc) is 2.41. The Morgan fingerprint density at radius 2 is 1.33 bits per heavy atom. The molecule has 0 atom stereocenters. The van der Waals surface area contributed by atoms with Crippen LogP contribution >= 0.6 is 27.5 Å². The molecule has 0 bridgehead atoms. The van der Waals surface area contributed by atoms with E-state index < -0.39 is 0 Å². The van der Waals surface area contributed by atoms with Crippen molar-refractivity contribution in [3.8, 4) is 11.1 Å². The SMILES string of the molecule is Clc1ccc(-c2ccccc2Br)c2ccccc12. The summed E-state index contributed by atoms with van der Waals surface area (Å²) in [5.74, 6) is 0. The Bertz CT molecular complexity index is 719. The van der Waals surface area contributed by atoms with E-state index in [2.05, 4.69) is 46.3 Å². The average molecular weight is 318 g/mol. The number of hydrogen-bond acceptors (Lipinski definition) is 0. The molecule has 3 rings (SSSR count). The van der Waals surface area contributed by atoms with Crippen molar-refractivity contribution in [2.24, 2.45) is 0 Å². The van der Waals surface area contributed by atoms with Crippen molar-refractivity contribution in [2.75, 3.05) is 0 Å². The maximum Gasteiger partial charge on any atom is 0.0484 e. The molecule has 0 spiro atoms. The van der Waals surface area contributed by atoms with Crippen LogP contribution in [0.4, 0.5) is 0 Å². The molecule has 0 aliphatic carbocycles. The van der Waals surface area contributed by atoms with Gasteiger partial charge >= 0.3 is 0 Å². The number of fused-ring (bicyclic) bond motifs is 1. The van der Waals surface area contributed by atoms with Crippen molar-refractivity contribution in [1.29, 1.82) is 0 Å². The molecule has 0 aliphatic heterocycles. The van der Waals surface area contributed by atoms with Crippen LogP contribution in [0.25, 0.3) is 21.9 Å². The highest BCUT2D eigenvalue weighted by molar-refractivity contribution is 9.10. The highest BCUT2D eigenvalue weighted by atomic mass is 79.9. The fourth-order valence-corrected chi connectivity index (χ4v) is 2.90. The molecule has 0 heterocycles. The molecule has 0 unspecified atom stereocenters. The maximum atomic E-state index is 6.24. The molecule has 3 aromatic rings. The van der Waals surface area contributed by atoms with Crippen LogP contribution in [-0.2, 0) is 0 Å². The van der Waals surface area contributed by atoms with E-state index in [0.29, 0.717) is 0 Å². The van der Waals surface area contributed by atoms with Crippen LogP contribution in [0.1, 0.15) is 0 Å². The van der Waals surface area contributed by atoms with E-state index in [1.54, 1.807) is 0 Å². The topological polar surface area (TPSA) is 0 Å². The van der Waals surface area contributed by atoms with Gasteiger partial charge in [-0.15, -0.1) is 0 Å². The summed E-state index contributed by atoms with van der Waals surface area (Å²) in [6.07, 6.45) is 0. The summed E-state index contributed by atoms with van der Waals surface area (Å²) in [7, 11) is 0. The van der Waals surface area contributed by atoms with Gasteiger partial charge in [0.15, 0.2) is 0 Å². The Kier molecular flexibility index (Phi) is 3.11. The van der Waals surface area contributed by atoms with E-state index in [9.17, 15) is 0 Å². The third kappa shape index (κ3) is 1.94. The molecule has 3 aromatic carbocycles. The summed E-state index contributed by atoms with van der Waals surface area (Å²) in [6, 6.07) is 20.5. The molecular weight excluding hydrogens is 308 g/mol. The van der Waals surface area contributed by atoms with Crippen molar-refractivity contribution in [2.45, 2.75) is 0 Å². The molecule has 0 aliphatic rings. The van der Waals surface area contributed by atoms with Gasteiger partial charge in [0.2, 0.25) is 0 Å². The first kappa shape index (κ1) is 11.8. The van der Waals surface area contributed by atoms with Crippen LogP contribution in [0.2, 0.25) is 5.02 Å². The first-order chi connectivity index (χ1) is 8.77. The molecule has 0 N–H and O–H groups in total. The predicted octanol–water partition coefficient (Wildman–Crippen LogP) is 5.92. The summed E-state index contributed by atoms with van der Waals surface area (Å²) >= 11 is 9.85. The lowest BCUT2D eigenvalue weighted by Gasteiger charge is -2.09. The number of halogens is 2.